The van der Waals surface area contributed by atoms with Gasteiger partial charge in [-0.05, 0) is 6.92 Å². The fourth-order valence-electron chi connectivity index (χ4n) is 0.236. The first-order chi connectivity index (χ1) is 3.98. The van der Waals surface area contributed by atoms with Crippen LogP contribution in [0.3, 0.4) is 0 Å². The van der Waals surface area contributed by atoms with Gasteiger partial charge < -0.3 is 10.00 Å². The van der Waals surface area contributed by atoms with E-state index in [0.717, 1.165) is 7.11 Å². The molecule has 2 atom stereocenters. The van der Waals surface area contributed by atoms with Crippen LogP contribution in [0.15, 0.2) is 0 Å². The lowest BCUT2D eigenvalue weighted by Gasteiger charge is -2.09. The Morgan fingerprint density at radius 2 is 2.11 bits per heavy atom. The van der Waals surface area contributed by atoms with Crippen molar-refractivity contribution in [2.45, 2.75) is 13.2 Å². The third kappa shape index (κ3) is 4.57. The molecule has 2 unspecified atom stereocenters. The van der Waals surface area contributed by atoms with Crippen molar-refractivity contribution < 1.29 is 23.6 Å². The average molecular weight is 156 g/mol. The Morgan fingerprint density at radius 1 is 1.67 bits per heavy atom. The SMILES string of the molecule is COP(=O)(O)OC(C)O. The van der Waals surface area contributed by atoms with E-state index in [9.17, 15) is 4.57 Å². The van der Waals surface area contributed by atoms with Crippen LogP contribution in [-0.2, 0) is 13.6 Å². The highest BCUT2D eigenvalue weighted by molar-refractivity contribution is 7.47. The summed E-state index contributed by atoms with van der Waals surface area (Å²) >= 11 is 0. The maximum Gasteiger partial charge on any atom is 0.474 e. The van der Waals surface area contributed by atoms with Crippen molar-refractivity contribution in [3.8, 4) is 0 Å². The van der Waals surface area contributed by atoms with E-state index in [2.05, 4.69) is 9.05 Å². The fraction of sp³-hybridized carbons (Fsp3) is 1.00. The minimum atomic E-state index is -3.98. The largest absolute Gasteiger partial charge is 0.474 e. The Morgan fingerprint density at radius 3 is 2.22 bits per heavy atom. The van der Waals surface area contributed by atoms with Crippen LogP contribution in [0.2, 0.25) is 0 Å². The van der Waals surface area contributed by atoms with Crippen LogP contribution in [-0.4, -0.2) is 23.4 Å². The number of aliphatic hydroxyl groups excluding tert-OH is 1. The Bertz CT molecular complexity index is 121. The van der Waals surface area contributed by atoms with Gasteiger partial charge >= 0.3 is 7.82 Å². The van der Waals surface area contributed by atoms with Crippen molar-refractivity contribution in [3.63, 3.8) is 0 Å². The van der Waals surface area contributed by atoms with Crippen LogP contribution in [0.25, 0.3) is 0 Å². The normalized spacial score (nSPS) is 20.9. The number of aliphatic hydroxyl groups is 1. The fourth-order valence-corrected chi connectivity index (χ4v) is 0.707. The highest BCUT2D eigenvalue weighted by Crippen LogP contribution is 2.42. The lowest BCUT2D eigenvalue weighted by Crippen LogP contribution is -2.04. The van der Waals surface area contributed by atoms with Crippen LogP contribution in [0.5, 0.6) is 0 Å². The molecule has 0 rings (SSSR count). The van der Waals surface area contributed by atoms with Crippen molar-refractivity contribution in [2.75, 3.05) is 7.11 Å². The summed E-state index contributed by atoms with van der Waals surface area (Å²) in [5, 5.41) is 8.38. The molecular weight excluding hydrogens is 147 g/mol. The van der Waals surface area contributed by atoms with Crippen molar-refractivity contribution in [1.82, 2.24) is 0 Å². The smallest absolute Gasteiger partial charge is 0.368 e. The Hall–Kier alpha value is 0.0700. The summed E-state index contributed by atoms with van der Waals surface area (Å²) in [6, 6.07) is 0. The highest BCUT2D eigenvalue weighted by atomic mass is 31.2. The molecule has 0 saturated heterocycles. The molecule has 0 amide bonds. The number of rotatable bonds is 3. The maximum atomic E-state index is 10.3. The Kier molecular flexibility index (Phi) is 3.32. The van der Waals surface area contributed by atoms with Gasteiger partial charge in [-0.2, -0.15) is 0 Å². The van der Waals surface area contributed by atoms with Gasteiger partial charge in [-0.1, -0.05) is 0 Å². The predicted molar refractivity (Wildman–Crippen MR) is 29.6 cm³/mol. The topological polar surface area (TPSA) is 76.0 Å². The summed E-state index contributed by atoms with van der Waals surface area (Å²) in [6.45, 7) is 1.21. The molecule has 0 aromatic rings. The van der Waals surface area contributed by atoms with E-state index < -0.39 is 14.1 Å². The standard InChI is InChI=1S/C3H9O5P/c1-3(4)8-9(5,6)7-2/h3-4H,1-2H3,(H,5,6). The predicted octanol–water partition coefficient (Wildman–Crippen LogP) is 0.0881. The van der Waals surface area contributed by atoms with Gasteiger partial charge in [-0.25, -0.2) is 4.57 Å². The summed E-state index contributed by atoms with van der Waals surface area (Å²) < 4.78 is 18.4. The third-order valence-electron chi connectivity index (χ3n) is 0.516. The Balaban J connectivity index is 3.73. The highest BCUT2D eigenvalue weighted by Gasteiger charge is 2.20. The molecule has 2 N–H and O–H groups in total. The molecule has 0 heterocycles. The quantitative estimate of drug-likeness (QED) is 0.447. The Labute approximate surface area is 52.8 Å². The summed E-state index contributed by atoms with van der Waals surface area (Å²) in [5.74, 6) is 0. The van der Waals surface area contributed by atoms with Crippen LogP contribution >= 0.6 is 7.82 Å². The van der Waals surface area contributed by atoms with Crippen LogP contribution in [0.4, 0.5) is 0 Å². The zero-order valence-electron chi connectivity index (χ0n) is 5.14. The van der Waals surface area contributed by atoms with E-state index in [0.29, 0.717) is 0 Å². The molecule has 0 aliphatic rings. The van der Waals surface area contributed by atoms with Gasteiger partial charge in [0.25, 0.3) is 0 Å². The van der Waals surface area contributed by atoms with Gasteiger partial charge in [0.1, 0.15) is 0 Å². The van der Waals surface area contributed by atoms with E-state index in [1.54, 1.807) is 0 Å². The van der Waals surface area contributed by atoms with Gasteiger partial charge in [0.05, 0.1) is 0 Å². The third-order valence-corrected chi connectivity index (χ3v) is 1.55. The molecule has 0 aliphatic carbocycles. The molecule has 0 aromatic carbocycles. The summed E-state index contributed by atoms with van der Waals surface area (Å²) in [5.41, 5.74) is 0. The van der Waals surface area contributed by atoms with Crippen LogP contribution in [0.1, 0.15) is 6.92 Å². The van der Waals surface area contributed by atoms with Gasteiger partial charge in [-0.15, -0.1) is 0 Å². The van der Waals surface area contributed by atoms with Crippen LogP contribution in [0, 0.1) is 0 Å². The molecule has 9 heavy (non-hydrogen) atoms. The van der Waals surface area contributed by atoms with Gasteiger partial charge in [-0.3, -0.25) is 9.05 Å². The molecule has 5 nitrogen and oxygen atoms in total. The van der Waals surface area contributed by atoms with E-state index in [4.69, 9.17) is 10.00 Å². The number of phosphoric acid groups is 1. The second-order valence-electron chi connectivity index (χ2n) is 1.36. The second-order valence-corrected chi connectivity index (χ2v) is 2.87. The zero-order valence-corrected chi connectivity index (χ0v) is 6.04. The monoisotopic (exact) mass is 156 g/mol. The molecule has 0 saturated carbocycles. The summed E-state index contributed by atoms with van der Waals surface area (Å²) in [4.78, 5) is 8.44. The van der Waals surface area contributed by atoms with Crippen molar-refractivity contribution in [3.05, 3.63) is 0 Å². The van der Waals surface area contributed by atoms with Gasteiger partial charge in [0, 0.05) is 7.11 Å². The van der Waals surface area contributed by atoms with Crippen molar-refractivity contribution in [2.24, 2.45) is 0 Å². The van der Waals surface area contributed by atoms with E-state index in [1.165, 1.54) is 6.92 Å². The van der Waals surface area contributed by atoms with E-state index in [1.807, 2.05) is 0 Å². The maximum absolute atomic E-state index is 10.3. The minimum absolute atomic E-state index is 1.02. The molecule has 0 fully saturated rings. The van der Waals surface area contributed by atoms with Crippen molar-refractivity contribution in [1.29, 1.82) is 0 Å². The van der Waals surface area contributed by atoms with Crippen molar-refractivity contribution >= 4 is 7.82 Å². The molecule has 0 aromatic heterocycles. The number of hydrogen-bond donors (Lipinski definition) is 2. The summed E-state index contributed by atoms with van der Waals surface area (Å²) in [7, 11) is -2.96. The first-order valence-electron chi connectivity index (χ1n) is 2.23. The van der Waals surface area contributed by atoms with Gasteiger partial charge in [0.15, 0.2) is 6.29 Å². The first-order valence-corrected chi connectivity index (χ1v) is 3.72. The second kappa shape index (κ2) is 3.29. The molecule has 0 spiro atoms. The lowest BCUT2D eigenvalue weighted by molar-refractivity contribution is -0.0243. The van der Waals surface area contributed by atoms with E-state index in [-0.39, 0.29) is 0 Å². The average Bonchev–Trinajstić information content (AvgIpc) is 1.63. The molecule has 0 aliphatic heterocycles. The molecule has 0 radical (unpaired) electrons. The summed E-state index contributed by atoms with van der Waals surface area (Å²) in [6.07, 6.45) is -1.29. The lowest BCUT2D eigenvalue weighted by atomic mass is 10.8. The minimum Gasteiger partial charge on any atom is -0.368 e. The first kappa shape index (κ1) is 9.07. The number of hydrogen-bond acceptors (Lipinski definition) is 4. The van der Waals surface area contributed by atoms with Gasteiger partial charge in [0.2, 0.25) is 0 Å². The molecule has 0 bridgehead atoms. The molecule has 56 valence electrons. The van der Waals surface area contributed by atoms with Crippen LogP contribution < -0.4 is 0 Å². The zero-order chi connectivity index (χ0) is 7.49. The van der Waals surface area contributed by atoms with E-state index >= 15 is 0 Å². The molecule has 6 heteroatoms. The number of phosphoric ester groups is 1. The molecular formula is C3H9O5P.